The molecule has 0 unspecified atom stereocenters. The van der Waals surface area contributed by atoms with Crippen LogP contribution in [0.5, 0.6) is 0 Å². The lowest BCUT2D eigenvalue weighted by Gasteiger charge is -2.17. The second kappa shape index (κ2) is 5.13. The first-order valence-corrected chi connectivity index (χ1v) is 6.47. The van der Waals surface area contributed by atoms with Gasteiger partial charge in [0.05, 0.1) is 0 Å². The Hall–Kier alpha value is -2.07. The third kappa shape index (κ3) is 2.47. The van der Waals surface area contributed by atoms with Crippen molar-refractivity contribution in [3.8, 4) is 0 Å². The molecular formula is C16H13F2NO. The number of benzene rings is 2. The number of carbonyl (C=O) groups excluding carboxylic acids is 1. The summed E-state index contributed by atoms with van der Waals surface area (Å²) in [5, 5.41) is 3.23. The van der Waals surface area contributed by atoms with Crippen LogP contribution in [0.1, 0.15) is 27.0 Å². The van der Waals surface area contributed by atoms with Crippen LogP contribution in [0.25, 0.3) is 0 Å². The minimum Gasteiger partial charge on any atom is -0.312 e. The summed E-state index contributed by atoms with van der Waals surface area (Å²) >= 11 is 0. The molecule has 20 heavy (non-hydrogen) atoms. The lowest BCUT2D eigenvalue weighted by atomic mass is 9.95. The van der Waals surface area contributed by atoms with Crippen LogP contribution in [0.3, 0.4) is 0 Å². The molecule has 4 heteroatoms. The van der Waals surface area contributed by atoms with Gasteiger partial charge in [0.25, 0.3) is 0 Å². The van der Waals surface area contributed by atoms with Crippen molar-refractivity contribution in [2.75, 3.05) is 6.54 Å². The maximum atomic E-state index is 13.2. The summed E-state index contributed by atoms with van der Waals surface area (Å²) in [6.45, 7) is 1.64. The predicted octanol–water partition coefficient (Wildman–Crippen LogP) is 2.84. The lowest BCUT2D eigenvalue weighted by molar-refractivity contribution is 0.103. The first-order valence-electron chi connectivity index (χ1n) is 6.47. The smallest absolute Gasteiger partial charge is 0.193 e. The number of fused-ring (bicyclic) bond motifs is 1. The van der Waals surface area contributed by atoms with Crippen LogP contribution in [0, 0.1) is 11.6 Å². The summed E-state index contributed by atoms with van der Waals surface area (Å²) < 4.78 is 26.4. The van der Waals surface area contributed by atoms with Crippen molar-refractivity contribution in [3.05, 3.63) is 70.3 Å². The molecule has 0 radical (unpaired) electrons. The van der Waals surface area contributed by atoms with Crippen molar-refractivity contribution < 1.29 is 13.6 Å². The zero-order valence-electron chi connectivity index (χ0n) is 10.7. The maximum Gasteiger partial charge on any atom is 0.193 e. The minimum absolute atomic E-state index is 0.0335. The highest BCUT2D eigenvalue weighted by molar-refractivity contribution is 6.09. The summed E-state index contributed by atoms with van der Waals surface area (Å²) in [6, 6.07) is 8.31. The zero-order chi connectivity index (χ0) is 14.1. The standard InChI is InChI=1S/C16H13F2NO/c17-14-6-12(7-15(18)8-14)16(20)11-2-1-10-3-4-19-9-13(10)5-11/h1-2,5-8,19H,3-4,9H2. The number of nitrogens with one attached hydrogen (secondary N) is 1. The number of ketones is 1. The van der Waals surface area contributed by atoms with E-state index in [1.54, 1.807) is 12.1 Å². The maximum absolute atomic E-state index is 13.2. The topological polar surface area (TPSA) is 29.1 Å². The SMILES string of the molecule is O=C(c1cc(F)cc(F)c1)c1ccc2c(c1)CNCC2. The highest BCUT2D eigenvalue weighted by Crippen LogP contribution is 2.19. The minimum atomic E-state index is -0.743. The Balaban J connectivity index is 1.97. The Bertz CT molecular complexity index is 662. The van der Waals surface area contributed by atoms with Gasteiger partial charge in [-0.15, -0.1) is 0 Å². The van der Waals surface area contributed by atoms with E-state index in [0.29, 0.717) is 12.1 Å². The first kappa shape index (κ1) is 12.9. The predicted molar refractivity (Wildman–Crippen MR) is 71.6 cm³/mol. The van der Waals surface area contributed by atoms with Crippen molar-refractivity contribution in [1.29, 1.82) is 0 Å². The third-order valence-electron chi connectivity index (χ3n) is 3.48. The van der Waals surface area contributed by atoms with E-state index in [1.165, 1.54) is 5.56 Å². The number of hydrogen-bond acceptors (Lipinski definition) is 2. The van der Waals surface area contributed by atoms with E-state index in [4.69, 9.17) is 0 Å². The fourth-order valence-electron chi connectivity index (χ4n) is 2.47. The normalized spacial score (nSPS) is 13.9. The molecule has 1 N–H and O–H groups in total. The fourth-order valence-corrected chi connectivity index (χ4v) is 2.47. The highest BCUT2D eigenvalue weighted by Gasteiger charge is 2.15. The van der Waals surface area contributed by atoms with E-state index in [2.05, 4.69) is 5.32 Å². The molecule has 0 atom stereocenters. The Kier molecular flexibility index (Phi) is 3.32. The van der Waals surface area contributed by atoms with E-state index < -0.39 is 11.6 Å². The molecule has 2 aromatic carbocycles. The van der Waals surface area contributed by atoms with Crippen LogP contribution in [-0.2, 0) is 13.0 Å². The molecule has 0 aromatic heterocycles. The Morgan fingerprint density at radius 2 is 1.70 bits per heavy atom. The van der Waals surface area contributed by atoms with Gasteiger partial charge in [0, 0.05) is 23.7 Å². The van der Waals surface area contributed by atoms with E-state index in [-0.39, 0.29) is 11.3 Å². The van der Waals surface area contributed by atoms with Crippen molar-refractivity contribution in [3.63, 3.8) is 0 Å². The fraction of sp³-hybridized carbons (Fsp3) is 0.188. The summed E-state index contributed by atoms with van der Waals surface area (Å²) in [6.07, 6.45) is 0.929. The van der Waals surface area contributed by atoms with Gasteiger partial charge in [-0.1, -0.05) is 12.1 Å². The molecule has 3 rings (SSSR count). The molecule has 2 aromatic rings. The molecule has 0 amide bonds. The molecule has 0 spiro atoms. The van der Waals surface area contributed by atoms with E-state index in [1.807, 2.05) is 6.07 Å². The van der Waals surface area contributed by atoms with E-state index in [0.717, 1.165) is 36.7 Å². The molecule has 0 aliphatic carbocycles. The van der Waals surface area contributed by atoms with Gasteiger partial charge in [-0.05, 0) is 42.3 Å². The summed E-state index contributed by atoms with van der Waals surface area (Å²) in [5.41, 5.74) is 2.77. The summed E-state index contributed by atoms with van der Waals surface area (Å²) in [4.78, 5) is 12.3. The number of hydrogen-bond donors (Lipinski definition) is 1. The van der Waals surface area contributed by atoms with Gasteiger partial charge in [-0.25, -0.2) is 8.78 Å². The van der Waals surface area contributed by atoms with Crippen LogP contribution >= 0.6 is 0 Å². The molecule has 0 fully saturated rings. The van der Waals surface area contributed by atoms with E-state index in [9.17, 15) is 13.6 Å². The van der Waals surface area contributed by atoms with Gasteiger partial charge >= 0.3 is 0 Å². The van der Waals surface area contributed by atoms with Gasteiger partial charge in [0.1, 0.15) is 11.6 Å². The van der Waals surface area contributed by atoms with Crippen LogP contribution in [0.15, 0.2) is 36.4 Å². The average molecular weight is 273 g/mol. The molecule has 1 aliphatic rings. The second-order valence-corrected chi connectivity index (χ2v) is 4.90. The van der Waals surface area contributed by atoms with Crippen molar-refractivity contribution >= 4 is 5.78 Å². The van der Waals surface area contributed by atoms with E-state index >= 15 is 0 Å². The molecule has 0 saturated heterocycles. The van der Waals surface area contributed by atoms with Gasteiger partial charge in [-0.2, -0.15) is 0 Å². The number of carbonyl (C=O) groups is 1. The van der Waals surface area contributed by atoms with Crippen LogP contribution < -0.4 is 5.32 Å². The third-order valence-corrected chi connectivity index (χ3v) is 3.48. The quantitative estimate of drug-likeness (QED) is 0.852. The molecular weight excluding hydrogens is 260 g/mol. The summed E-state index contributed by atoms with van der Waals surface area (Å²) in [7, 11) is 0. The Morgan fingerprint density at radius 3 is 2.45 bits per heavy atom. The summed E-state index contributed by atoms with van der Waals surface area (Å²) in [5.74, 6) is -1.85. The van der Waals surface area contributed by atoms with Crippen LogP contribution in [-0.4, -0.2) is 12.3 Å². The van der Waals surface area contributed by atoms with Crippen LogP contribution in [0.2, 0.25) is 0 Å². The van der Waals surface area contributed by atoms with Crippen molar-refractivity contribution in [2.45, 2.75) is 13.0 Å². The molecule has 102 valence electrons. The highest BCUT2D eigenvalue weighted by atomic mass is 19.1. The second-order valence-electron chi connectivity index (χ2n) is 4.90. The largest absolute Gasteiger partial charge is 0.312 e. The Morgan fingerprint density at radius 1 is 0.950 bits per heavy atom. The molecule has 2 nitrogen and oxygen atoms in total. The molecule has 0 saturated carbocycles. The van der Waals surface area contributed by atoms with Gasteiger partial charge < -0.3 is 5.32 Å². The van der Waals surface area contributed by atoms with Gasteiger partial charge in [0.2, 0.25) is 0 Å². The Labute approximate surface area is 115 Å². The van der Waals surface area contributed by atoms with Gasteiger partial charge in [0.15, 0.2) is 5.78 Å². The molecule has 1 heterocycles. The average Bonchev–Trinajstić information content (AvgIpc) is 2.45. The lowest BCUT2D eigenvalue weighted by Crippen LogP contribution is -2.23. The van der Waals surface area contributed by atoms with Gasteiger partial charge in [-0.3, -0.25) is 4.79 Å². The molecule has 1 aliphatic heterocycles. The first-order chi connectivity index (χ1) is 9.63. The van der Waals surface area contributed by atoms with Crippen LogP contribution in [0.4, 0.5) is 8.78 Å². The van der Waals surface area contributed by atoms with Crippen molar-refractivity contribution in [2.24, 2.45) is 0 Å². The van der Waals surface area contributed by atoms with Crippen molar-refractivity contribution in [1.82, 2.24) is 5.32 Å². The zero-order valence-corrected chi connectivity index (χ0v) is 10.7. The number of rotatable bonds is 2. The molecule has 0 bridgehead atoms. The monoisotopic (exact) mass is 273 g/mol. The number of halogens is 2.